The van der Waals surface area contributed by atoms with Crippen molar-refractivity contribution >= 4 is 22.9 Å². The molecule has 1 heterocycles. The number of rotatable bonds is 2. The van der Waals surface area contributed by atoms with Gasteiger partial charge in [-0.1, -0.05) is 6.58 Å². The highest BCUT2D eigenvalue weighted by Crippen LogP contribution is 2.18. The third kappa shape index (κ3) is 1.65. The largest absolute Gasteiger partial charge is 0.477 e. The molecule has 0 aliphatic heterocycles. The molecule has 0 radical (unpaired) electrons. The Balaban J connectivity index is 2.99. The predicted octanol–water partition coefficient (Wildman–Crippen LogP) is 1.87. The highest BCUT2D eigenvalue weighted by molar-refractivity contribution is 7.14. The maximum absolute atomic E-state index is 10.4. The van der Waals surface area contributed by atoms with Gasteiger partial charge in [-0.3, -0.25) is 0 Å². The molecule has 1 N–H and O–H groups in total. The summed E-state index contributed by atoms with van der Waals surface area (Å²) in [6, 6.07) is 0. The van der Waals surface area contributed by atoms with Crippen molar-refractivity contribution in [2.75, 3.05) is 0 Å². The summed E-state index contributed by atoms with van der Waals surface area (Å²) >= 11 is 1.14. The lowest BCUT2D eigenvalue weighted by Gasteiger charge is -1.86. The fourth-order valence-electron chi connectivity index (χ4n) is 0.570. The van der Waals surface area contributed by atoms with Crippen molar-refractivity contribution in [3.63, 3.8) is 0 Å². The lowest BCUT2D eigenvalue weighted by atomic mass is 10.4. The van der Waals surface area contributed by atoms with E-state index in [1.165, 1.54) is 6.20 Å². The second kappa shape index (κ2) is 2.84. The molecule has 0 spiro atoms. The van der Waals surface area contributed by atoms with Gasteiger partial charge in [-0.15, -0.1) is 11.3 Å². The summed E-state index contributed by atoms with van der Waals surface area (Å²) in [4.78, 5) is 14.5. The Morgan fingerprint density at radius 1 is 1.82 bits per heavy atom. The highest BCUT2D eigenvalue weighted by Gasteiger charge is 2.07. The summed E-state index contributed by atoms with van der Waals surface area (Å²) in [7, 11) is 0. The summed E-state index contributed by atoms with van der Waals surface area (Å²) in [6.07, 6.45) is 1.34. The fraction of sp³-hybridized carbons (Fsp3) is 0.143. The van der Waals surface area contributed by atoms with Crippen LogP contribution in [0.1, 0.15) is 21.6 Å². The maximum Gasteiger partial charge on any atom is 0.347 e. The predicted molar refractivity (Wildman–Crippen MR) is 43.8 cm³/mol. The first-order valence-electron chi connectivity index (χ1n) is 2.96. The number of carboxylic acids is 1. The molecule has 0 saturated heterocycles. The Bertz CT molecular complexity index is 275. The highest BCUT2D eigenvalue weighted by atomic mass is 32.1. The van der Waals surface area contributed by atoms with E-state index in [9.17, 15) is 4.79 Å². The zero-order chi connectivity index (χ0) is 8.43. The molecule has 0 amide bonds. The second-order valence-corrected chi connectivity index (χ2v) is 3.15. The number of thiazole rings is 1. The molecule has 58 valence electrons. The van der Waals surface area contributed by atoms with Crippen molar-refractivity contribution in [2.24, 2.45) is 0 Å². The SMILES string of the molecule is C=C(C)c1ncc(C(=O)O)s1. The van der Waals surface area contributed by atoms with Crippen molar-refractivity contribution in [3.05, 3.63) is 22.7 Å². The number of aromatic carboxylic acids is 1. The molecule has 1 aromatic rings. The molecular weight excluding hydrogens is 162 g/mol. The molecule has 1 aromatic heterocycles. The summed E-state index contributed by atoms with van der Waals surface area (Å²) in [5.41, 5.74) is 0.794. The van der Waals surface area contributed by atoms with Crippen LogP contribution >= 0.6 is 11.3 Å². The normalized spacial score (nSPS) is 9.55. The minimum absolute atomic E-state index is 0.253. The molecular formula is C7H7NO2S. The average molecular weight is 169 g/mol. The number of hydrogen-bond acceptors (Lipinski definition) is 3. The van der Waals surface area contributed by atoms with Gasteiger partial charge in [0.2, 0.25) is 0 Å². The molecule has 0 fully saturated rings. The third-order valence-corrected chi connectivity index (χ3v) is 2.23. The average Bonchev–Trinajstić information content (AvgIpc) is 2.33. The zero-order valence-corrected chi connectivity index (χ0v) is 6.81. The van der Waals surface area contributed by atoms with Crippen LogP contribution in [0.15, 0.2) is 12.8 Å². The molecule has 0 aliphatic rings. The molecule has 3 nitrogen and oxygen atoms in total. The van der Waals surface area contributed by atoms with Crippen molar-refractivity contribution in [1.82, 2.24) is 4.98 Å². The van der Waals surface area contributed by atoms with Crippen LogP contribution in [-0.4, -0.2) is 16.1 Å². The van der Waals surface area contributed by atoms with Gasteiger partial charge in [-0.2, -0.15) is 0 Å². The number of carboxylic acid groups (broad SMARTS) is 1. The van der Waals surface area contributed by atoms with E-state index < -0.39 is 5.97 Å². The standard InChI is InChI=1S/C7H7NO2S/c1-4(2)6-8-3-5(11-6)7(9)10/h3H,1H2,2H3,(H,9,10). The first-order valence-corrected chi connectivity index (χ1v) is 3.78. The molecule has 0 aliphatic carbocycles. The van der Waals surface area contributed by atoms with Crippen molar-refractivity contribution in [3.8, 4) is 0 Å². The van der Waals surface area contributed by atoms with Crippen LogP contribution in [-0.2, 0) is 0 Å². The Morgan fingerprint density at radius 2 is 2.45 bits per heavy atom. The molecule has 0 bridgehead atoms. The topological polar surface area (TPSA) is 50.2 Å². The molecule has 0 saturated carbocycles. The van der Waals surface area contributed by atoms with Gasteiger partial charge in [-0.05, 0) is 12.5 Å². The van der Waals surface area contributed by atoms with E-state index in [1.54, 1.807) is 6.92 Å². The third-order valence-electron chi connectivity index (χ3n) is 1.08. The molecule has 1 rings (SSSR count). The summed E-state index contributed by atoms with van der Waals surface area (Å²) in [5.74, 6) is -0.935. The summed E-state index contributed by atoms with van der Waals surface area (Å²) in [6.45, 7) is 5.45. The van der Waals surface area contributed by atoms with E-state index >= 15 is 0 Å². The quantitative estimate of drug-likeness (QED) is 0.735. The number of allylic oxidation sites excluding steroid dienone is 1. The van der Waals surface area contributed by atoms with E-state index in [0.717, 1.165) is 16.9 Å². The van der Waals surface area contributed by atoms with Crippen LogP contribution in [0.5, 0.6) is 0 Å². The number of nitrogens with zero attached hydrogens (tertiary/aromatic N) is 1. The van der Waals surface area contributed by atoms with E-state index in [0.29, 0.717) is 5.01 Å². The van der Waals surface area contributed by atoms with Gasteiger partial charge in [0, 0.05) is 0 Å². The van der Waals surface area contributed by atoms with Crippen molar-refractivity contribution in [2.45, 2.75) is 6.92 Å². The van der Waals surface area contributed by atoms with Gasteiger partial charge in [0.25, 0.3) is 0 Å². The monoisotopic (exact) mass is 169 g/mol. The molecule has 0 atom stereocenters. The lowest BCUT2D eigenvalue weighted by molar-refractivity contribution is 0.0702. The van der Waals surface area contributed by atoms with E-state index in [1.807, 2.05) is 0 Å². The number of hydrogen-bond donors (Lipinski definition) is 1. The van der Waals surface area contributed by atoms with Crippen LogP contribution in [0.3, 0.4) is 0 Å². The summed E-state index contributed by atoms with van der Waals surface area (Å²) < 4.78 is 0. The van der Waals surface area contributed by atoms with Crippen molar-refractivity contribution in [1.29, 1.82) is 0 Å². The second-order valence-electron chi connectivity index (χ2n) is 2.12. The van der Waals surface area contributed by atoms with Gasteiger partial charge in [0.1, 0.15) is 9.88 Å². The number of carbonyl (C=O) groups is 1. The fourth-order valence-corrected chi connectivity index (χ4v) is 1.25. The van der Waals surface area contributed by atoms with E-state index in [4.69, 9.17) is 5.11 Å². The first kappa shape index (κ1) is 7.94. The minimum atomic E-state index is -0.935. The Morgan fingerprint density at radius 3 is 2.73 bits per heavy atom. The minimum Gasteiger partial charge on any atom is -0.477 e. The van der Waals surface area contributed by atoms with Gasteiger partial charge < -0.3 is 5.11 Å². The Labute approximate surface area is 68.0 Å². The molecule has 4 heteroatoms. The van der Waals surface area contributed by atoms with Gasteiger partial charge in [0.15, 0.2) is 0 Å². The van der Waals surface area contributed by atoms with E-state index in [-0.39, 0.29) is 4.88 Å². The van der Waals surface area contributed by atoms with Crippen LogP contribution in [0.4, 0.5) is 0 Å². The zero-order valence-electron chi connectivity index (χ0n) is 6.00. The molecule has 0 aromatic carbocycles. The van der Waals surface area contributed by atoms with Gasteiger partial charge >= 0.3 is 5.97 Å². The van der Waals surface area contributed by atoms with Crippen LogP contribution in [0.2, 0.25) is 0 Å². The lowest BCUT2D eigenvalue weighted by Crippen LogP contribution is -1.89. The molecule has 11 heavy (non-hydrogen) atoms. The van der Waals surface area contributed by atoms with Crippen LogP contribution < -0.4 is 0 Å². The van der Waals surface area contributed by atoms with Crippen LogP contribution in [0, 0.1) is 0 Å². The van der Waals surface area contributed by atoms with Gasteiger partial charge in [0.05, 0.1) is 6.20 Å². The number of aromatic nitrogens is 1. The Kier molecular flexibility index (Phi) is 2.05. The van der Waals surface area contributed by atoms with Crippen LogP contribution in [0.25, 0.3) is 5.57 Å². The smallest absolute Gasteiger partial charge is 0.347 e. The molecule has 0 unspecified atom stereocenters. The Hall–Kier alpha value is -1.16. The summed E-state index contributed by atoms with van der Waals surface area (Å²) in [5, 5.41) is 9.20. The van der Waals surface area contributed by atoms with Gasteiger partial charge in [-0.25, -0.2) is 9.78 Å². The van der Waals surface area contributed by atoms with Crippen molar-refractivity contribution < 1.29 is 9.90 Å². The maximum atomic E-state index is 10.4. The van der Waals surface area contributed by atoms with E-state index in [2.05, 4.69) is 11.6 Å². The first-order chi connectivity index (χ1) is 5.11.